The number of ketones is 1. The first kappa shape index (κ1) is 20.3. The third-order valence-electron chi connectivity index (χ3n) is 6.17. The van der Waals surface area contributed by atoms with Crippen LogP contribution in [-0.4, -0.2) is 11.9 Å². The SMILES string of the molecule is Cc1c(O[C@@H]2CCCCC2=O)ccc2c(-c3ccccc3)c(-c3ccccc3)c(=O)oc12. The molecule has 0 amide bonds. The summed E-state index contributed by atoms with van der Waals surface area (Å²) in [5, 5.41) is 0.842. The zero-order valence-corrected chi connectivity index (χ0v) is 18.0. The van der Waals surface area contributed by atoms with Gasteiger partial charge in [0.2, 0.25) is 0 Å². The second-order valence-corrected chi connectivity index (χ2v) is 8.26. The molecule has 0 aliphatic heterocycles. The number of hydrogen-bond donors (Lipinski definition) is 0. The van der Waals surface area contributed by atoms with E-state index in [0.29, 0.717) is 23.3 Å². The number of benzene rings is 3. The average Bonchev–Trinajstić information content (AvgIpc) is 2.83. The molecule has 0 radical (unpaired) electrons. The Kier molecular flexibility index (Phi) is 5.36. The van der Waals surface area contributed by atoms with Crippen LogP contribution in [0.2, 0.25) is 0 Å². The van der Waals surface area contributed by atoms with Crippen molar-refractivity contribution < 1.29 is 13.9 Å². The molecule has 3 aromatic carbocycles. The highest BCUT2D eigenvalue weighted by atomic mass is 16.5. The minimum absolute atomic E-state index is 0.140. The summed E-state index contributed by atoms with van der Waals surface area (Å²) >= 11 is 0. The highest BCUT2D eigenvalue weighted by molar-refractivity contribution is 6.02. The Morgan fingerprint density at radius 1 is 0.812 bits per heavy atom. The number of carbonyl (C=O) groups is 1. The Balaban J connectivity index is 1.73. The van der Waals surface area contributed by atoms with Crippen LogP contribution in [0.1, 0.15) is 31.2 Å². The van der Waals surface area contributed by atoms with Crippen LogP contribution in [0.15, 0.2) is 82.0 Å². The number of hydrogen-bond acceptors (Lipinski definition) is 4. The van der Waals surface area contributed by atoms with Crippen LogP contribution in [0, 0.1) is 6.92 Å². The molecule has 0 N–H and O–H groups in total. The molecule has 1 saturated carbocycles. The van der Waals surface area contributed by atoms with Gasteiger partial charge in [0.1, 0.15) is 11.3 Å². The van der Waals surface area contributed by atoms with Gasteiger partial charge in [0, 0.05) is 22.9 Å². The normalized spacial score (nSPS) is 16.3. The summed E-state index contributed by atoms with van der Waals surface area (Å²) in [6, 6.07) is 23.3. The first-order valence-electron chi connectivity index (χ1n) is 11.0. The molecule has 1 fully saturated rings. The Hall–Kier alpha value is -3.66. The van der Waals surface area contributed by atoms with Gasteiger partial charge in [-0.05, 0) is 49.4 Å². The van der Waals surface area contributed by atoms with Crippen LogP contribution < -0.4 is 10.4 Å². The zero-order chi connectivity index (χ0) is 22.1. The van der Waals surface area contributed by atoms with E-state index in [0.717, 1.165) is 46.9 Å². The molecule has 0 unspecified atom stereocenters. The molecule has 4 aromatic rings. The molecular weight excluding hydrogens is 400 g/mol. The maximum absolute atomic E-state index is 13.3. The maximum atomic E-state index is 13.3. The van der Waals surface area contributed by atoms with E-state index >= 15 is 0 Å². The van der Waals surface area contributed by atoms with Crippen LogP contribution in [0.3, 0.4) is 0 Å². The topological polar surface area (TPSA) is 56.5 Å². The fourth-order valence-electron chi connectivity index (χ4n) is 4.51. The summed E-state index contributed by atoms with van der Waals surface area (Å²) < 4.78 is 12.0. The van der Waals surface area contributed by atoms with E-state index in [2.05, 4.69) is 0 Å². The van der Waals surface area contributed by atoms with Crippen molar-refractivity contribution in [1.82, 2.24) is 0 Å². The first-order chi connectivity index (χ1) is 15.6. The highest BCUT2D eigenvalue weighted by Gasteiger charge is 2.26. The Morgan fingerprint density at radius 2 is 1.47 bits per heavy atom. The smallest absolute Gasteiger partial charge is 0.344 e. The molecule has 32 heavy (non-hydrogen) atoms. The predicted molar refractivity (Wildman–Crippen MR) is 126 cm³/mol. The maximum Gasteiger partial charge on any atom is 0.344 e. The van der Waals surface area contributed by atoms with E-state index in [1.165, 1.54) is 0 Å². The lowest BCUT2D eigenvalue weighted by atomic mass is 9.92. The van der Waals surface area contributed by atoms with Gasteiger partial charge in [-0.1, -0.05) is 60.7 Å². The summed E-state index contributed by atoms with van der Waals surface area (Å²) in [4.78, 5) is 25.5. The molecule has 160 valence electrons. The second-order valence-electron chi connectivity index (χ2n) is 8.26. The third-order valence-corrected chi connectivity index (χ3v) is 6.17. The van der Waals surface area contributed by atoms with E-state index in [1.54, 1.807) is 0 Å². The van der Waals surface area contributed by atoms with Crippen molar-refractivity contribution in [2.24, 2.45) is 0 Å². The van der Waals surface area contributed by atoms with Gasteiger partial charge in [0.15, 0.2) is 11.9 Å². The van der Waals surface area contributed by atoms with Gasteiger partial charge in [0.25, 0.3) is 0 Å². The van der Waals surface area contributed by atoms with Gasteiger partial charge >= 0.3 is 5.63 Å². The quantitative estimate of drug-likeness (QED) is 0.359. The van der Waals surface area contributed by atoms with Crippen LogP contribution in [0.4, 0.5) is 0 Å². The number of rotatable bonds is 4. The Morgan fingerprint density at radius 3 is 2.12 bits per heavy atom. The van der Waals surface area contributed by atoms with Crippen molar-refractivity contribution in [3.63, 3.8) is 0 Å². The van der Waals surface area contributed by atoms with Crippen LogP contribution in [0.25, 0.3) is 33.2 Å². The summed E-state index contributed by atoms with van der Waals surface area (Å²) in [7, 11) is 0. The van der Waals surface area contributed by atoms with Gasteiger partial charge in [0.05, 0.1) is 5.56 Å². The van der Waals surface area contributed by atoms with Gasteiger partial charge in [-0.2, -0.15) is 0 Å². The Bertz CT molecular complexity index is 1340. The molecule has 0 bridgehead atoms. The van der Waals surface area contributed by atoms with Crippen molar-refractivity contribution in [2.75, 3.05) is 0 Å². The lowest BCUT2D eigenvalue weighted by Crippen LogP contribution is -2.30. The monoisotopic (exact) mass is 424 g/mol. The van der Waals surface area contributed by atoms with Crippen molar-refractivity contribution in [3.05, 3.63) is 88.8 Å². The highest BCUT2D eigenvalue weighted by Crippen LogP contribution is 2.39. The summed E-state index contributed by atoms with van der Waals surface area (Å²) in [6.45, 7) is 1.88. The van der Waals surface area contributed by atoms with Crippen molar-refractivity contribution in [2.45, 2.75) is 38.7 Å². The summed E-state index contributed by atoms with van der Waals surface area (Å²) in [5.41, 5.74) is 3.97. The third kappa shape index (κ3) is 3.62. The minimum atomic E-state index is -0.427. The zero-order valence-electron chi connectivity index (χ0n) is 18.0. The number of fused-ring (bicyclic) bond motifs is 1. The minimum Gasteiger partial charge on any atom is -0.482 e. The number of Topliss-reactive ketones (excluding diaryl/α,β-unsaturated/α-hetero) is 1. The summed E-state index contributed by atoms with van der Waals surface area (Å²) in [5.74, 6) is 0.731. The van der Waals surface area contributed by atoms with E-state index in [9.17, 15) is 9.59 Å². The number of aryl methyl sites for hydroxylation is 1. The van der Waals surface area contributed by atoms with E-state index in [-0.39, 0.29) is 5.78 Å². The molecule has 4 nitrogen and oxygen atoms in total. The van der Waals surface area contributed by atoms with Crippen molar-refractivity contribution in [3.8, 4) is 28.0 Å². The van der Waals surface area contributed by atoms with Crippen LogP contribution in [0.5, 0.6) is 5.75 Å². The van der Waals surface area contributed by atoms with Gasteiger partial charge in [-0.15, -0.1) is 0 Å². The van der Waals surface area contributed by atoms with E-state index in [4.69, 9.17) is 9.15 Å². The Labute approximate surface area is 186 Å². The van der Waals surface area contributed by atoms with E-state index in [1.807, 2.05) is 79.7 Å². The number of carbonyl (C=O) groups excluding carboxylic acids is 1. The van der Waals surface area contributed by atoms with Gasteiger partial charge < -0.3 is 9.15 Å². The summed E-state index contributed by atoms with van der Waals surface area (Å²) in [6.07, 6.45) is 2.76. The van der Waals surface area contributed by atoms with Crippen LogP contribution in [-0.2, 0) is 4.79 Å². The van der Waals surface area contributed by atoms with Gasteiger partial charge in [-0.25, -0.2) is 4.79 Å². The largest absolute Gasteiger partial charge is 0.482 e. The molecule has 1 heterocycles. The molecule has 4 heteroatoms. The van der Waals surface area contributed by atoms with E-state index < -0.39 is 11.7 Å². The molecular formula is C28H24O4. The first-order valence-corrected chi connectivity index (χ1v) is 11.0. The lowest BCUT2D eigenvalue weighted by molar-refractivity contribution is -0.127. The molecule has 1 aromatic heterocycles. The molecule has 0 saturated heterocycles. The predicted octanol–water partition coefficient (Wildman–Crippen LogP) is 6.33. The fourth-order valence-corrected chi connectivity index (χ4v) is 4.51. The lowest BCUT2D eigenvalue weighted by Gasteiger charge is -2.23. The van der Waals surface area contributed by atoms with Crippen molar-refractivity contribution >= 4 is 16.8 Å². The average molecular weight is 424 g/mol. The molecule has 1 aliphatic carbocycles. The second kappa shape index (κ2) is 8.46. The van der Waals surface area contributed by atoms with Crippen LogP contribution >= 0.6 is 0 Å². The van der Waals surface area contributed by atoms with Gasteiger partial charge in [-0.3, -0.25) is 4.79 Å². The fraction of sp³-hybridized carbons (Fsp3) is 0.214. The number of ether oxygens (including phenoxy) is 1. The molecule has 0 spiro atoms. The molecule has 5 rings (SSSR count). The molecule has 1 atom stereocenters. The molecule has 1 aliphatic rings. The standard InChI is InChI=1S/C28H24O4/c1-18-23(31-24-15-9-8-14-22(24)29)17-16-21-25(19-10-4-2-5-11-19)26(28(30)32-27(18)21)20-12-6-3-7-13-20/h2-7,10-13,16-17,24H,8-9,14-15H2,1H3/t24-/m1/s1. The van der Waals surface area contributed by atoms with Crippen molar-refractivity contribution in [1.29, 1.82) is 0 Å².